The molecule has 6 nitrogen and oxygen atoms in total. The van der Waals surface area contributed by atoms with Gasteiger partial charge in [0.05, 0.1) is 13.2 Å². The summed E-state index contributed by atoms with van der Waals surface area (Å²) in [6.45, 7) is 5.50. The third kappa shape index (κ3) is 2.95. The van der Waals surface area contributed by atoms with Crippen molar-refractivity contribution < 1.29 is 4.74 Å². The zero-order valence-corrected chi connectivity index (χ0v) is 12.6. The van der Waals surface area contributed by atoms with Crippen molar-refractivity contribution in [2.45, 2.75) is 44.6 Å². The van der Waals surface area contributed by atoms with E-state index in [1.54, 1.807) is 0 Å². The molecule has 0 spiro atoms. The van der Waals surface area contributed by atoms with Crippen LogP contribution in [0.25, 0.3) is 0 Å². The first-order valence-corrected chi connectivity index (χ1v) is 8.18. The van der Waals surface area contributed by atoms with E-state index in [-0.39, 0.29) is 0 Å². The van der Waals surface area contributed by atoms with Crippen LogP contribution in [-0.4, -0.2) is 47.3 Å². The molecule has 2 saturated carbocycles. The van der Waals surface area contributed by atoms with Crippen LogP contribution in [0, 0.1) is 5.92 Å². The summed E-state index contributed by atoms with van der Waals surface area (Å²) in [5.74, 6) is 3.89. The highest BCUT2D eigenvalue weighted by molar-refractivity contribution is 5.40. The second-order valence-corrected chi connectivity index (χ2v) is 6.35. The normalized spacial score (nSPS) is 28.5. The fourth-order valence-electron chi connectivity index (χ4n) is 2.94. The van der Waals surface area contributed by atoms with E-state index in [4.69, 9.17) is 9.72 Å². The second-order valence-electron chi connectivity index (χ2n) is 6.35. The van der Waals surface area contributed by atoms with Crippen LogP contribution >= 0.6 is 0 Å². The van der Waals surface area contributed by atoms with Crippen molar-refractivity contribution in [2.75, 3.05) is 36.5 Å². The molecule has 21 heavy (non-hydrogen) atoms. The first-order chi connectivity index (χ1) is 10.3. The number of hydrogen-bond donors (Lipinski definition) is 1. The number of nitrogens with zero attached hydrogens (tertiary/aromatic N) is 4. The van der Waals surface area contributed by atoms with Gasteiger partial charge in [-0.1, -0.05) is 13.3 Å². The Morgan fingerprint density at radius 2 is 2.00 bits per heavy atom. The molecule has 1 saturated heterocycles. The summed E-state index contributed by atoms with van der Waals surface area (Å²) >= 11 is 0. The van der Waals surface area contributed by atoms with Crippen molar-refractivity contribution in [1.29, 1.82) is 0 Å². The zero-order valence-electron chi connectivity index (χ0n) is 12.6. The molecular formula is C15H23N5O. The number of hydrogen-bond acceptors (Lipinski definition) is 6. The first-order valence-electron chi connectivity index (χ1n) is 8.18. The molecule has 0 radical (unpaired) electrons. The highest BCUT2D eigenvalue weighted by Crippen LogP contribution is 2.48. The van der Waals surface area contributed by atoms with Gasteiger partial charge in [0.1, 0.15) is 5.82 Å². The summed E-state index contributed by atoms with van der Waals surface area (Å²) < 4.78 is 5.42. The Kier molecular flexibility index (Phi) is 3.41. The summed E-state index contributed by atoms with van der Waals surface area (Å²) in [6, 6.07) is 0.568. The maximum Gasteiger partial charge on any atom is 0.230 e. The Labute approximate surface area is 125 Å². The number of anilines is 2. The molecule has 0 aromatic carbocycles. The summed E-state index contributed by atoms with van der Waals surface area (Å²) in [6.07, 6.45) is 4.91. The molecule has 4 rings (SSSR count). The fourth-order valence-corrected chi connectivity index (χ4v) is 2.94. The third-order valence-electron chi connectivity index (χ3n) is 4.62. The molecule has 3 aliphatic rings. The van der Waals surface area contributed by atoms with Gasteiger partial charge in [-0.25, -0.2) is 0 Å². The third-order valence-corrected chi connectivity index (χ3v) is 4.62. The maximum atomic E-state index is 5.42. The topological polar surface area (TPSA) is 63.2 Å². The summed E-state index contributed by atoms with van der Waals surface area (Å²) in [5.41, 5.74) is 0. The van der Waals surface area contributed by atoms with Gasteiger partial charge in [0.25, 0.3) is 0 Å². The Bertz CT molecular complexity index is 513. The molecule has 1 aromatic heterocycles. The quantitative estimate of drug-likeness (QED) is 0.891. The predicted octanol–water partition coefficient (Wildman–Crippen LogP) is 1.80. The number of rotatable bonds is 5. The van der Waals surface area contributed by atoms with Crippen molar-refractivity contribution in [3.8, 4) is 0 Å². The van der Waals surface area contributed by atoms with Crippen molar-refractivity contribution in [1.82, 2.24) is 15.0 Å². The largest absolute Gasteiger partial charge is 0.378 e. The van der Waals surface area contributed by atoms with Crippen LogP contribution in [0.15, 0.2) is 0 Å². The monoisotopic (exact) mass is 289 g/mol. The standard InChI is InChI=1S/C15H23N5O/c1-2-10-9-12(10)13-17-14(16-11-3-4-11)19-15(18-13)20-5-7-21-8-6-20/h10-12H,2-9H2,1H3,(H,16,17,18,19). The predicted molar refractivity (Wildman–Crippen MR) is 80.6 cm³/mol. The van der Waals surface area contributed by atoms with E-state index in [0.29, 0.717) is 12.0 Å². The first kappa shape index (κ1) is 13.2. The lowest BCUT2D eigenvalue weighted by atomic mass is 10.2. The van der Waals surface area contributed by atoms with Gasteiger partial charge in [0.15, 0.2) is 0 Å². The molecule has 2 aliphatic carbocycles. The van der Waals surface area contributed by atoms with E-state index in [0.717, 1.165) is 49.9 Å². The van der Waals surface area contributed by atoms with Crippen LogP contribution in [0.3, 0.4) is 0 Å². The Balaban J connectivity index is 1.59. The van der Waals surface area contributed by atoms with Gasteiger partial charge in [-0.3, -0.25) is 0 Å². The van der Waals surface area contributed by atoms with E-state index in [1.807, 2.05) is 0 Å². The van der Waals surface area contributed by atoms with Crippen LogP contribution in [-0.2, 0) is 4.74 Å². The molecule has 0 bridgehead atoms. The molecule has 1 aliphatic heterocycles. The SMILES string of the molecule is CCC1CC1c1nc(NC2CC2)nc(N2CCOCC2)n1. The lowest BCUT2D eigenvalue weighted by Gasteiger charge is -2.27. The van der Waals surface area contributed by atoms with E-state index in [2.05, 4.69) is 27.1 Å². The Hall–Kier alpha value is -1.43. The lowest BCUT2D eigenvalue weighted by molar-refractivity contribution is 0.122. The van der Waals surface area contributed by atoms with E-state index >= 15 is 0 Å². The van der Waals surface area contributed by atoms with Gasteiger partial charge in [-0.2, -0.15) is 15.0 Å². The van der Waals surface area contributed by atoms with Crippen LogP contribution < -0.4 is 10.2 Å². The summed E-state index contributed by atoms with van der Waals surface area (Å²) in [5, 5.41) is 3.43. The van der Waals surface area contributed by atoms with Gasteiger partial charge in [0, 0.05) is 25.0 Å². The molecule has 3 fully saturated rings. The zero-order chi connectivity index (χ0) is 14.2. The van der Waals surface area contributed by atoms with Crippen molar-refractivity contribution in [3.63, 3.8) is 0 Å². The van der Waals surface area contributed by atoms with Gasteiger partial charge in [-0.15, -0.1) is 0 Å². The second kappa shape index (κ2) is 5.40. The molecule has 114 valence electrons. The maximum absolute atomic E-state index is 5.42. The molecule has 1 aromatic rings. The lowest BCUT2D eigenvalue weighted by Crippen LogP contribution is -2.37. The van der Waals surface area contributed by atoms with Crippen LogP contribution in [0.4, 0.5) is 11.9 Å². The summed E-state index contributed by atoms with van der Waals surface area (Å²) in [4.78, 5) is 16.3. The molecule has 0 amide bonds. The van der Waals surface area contributed by atoms with Crippen molar-refractivity contribution in [2.24, 2.45) is 5.92 Å². The van der Waals surface area contributed by atoms with Crippen LogP contribution in [0.5, 0.6) is 0 Å². The van der Waals surface area contributed by atoms with Gasteiger partial charge < -0.3 is 15.0 Å². The highest BCUT2D eigenvalue weighted by Gasteiger charge is 2.40. The van der Waals surface area contributed by atoms with Crippen LogP contribution in [0.1, 0.15) is 44.3 Å². The molecule has 1 N–H and O–H groups in total. The van der Waals surface area contributed by atoms with E-state index < -0.39 is 0 Å². The molecule has 6 heteroatoms. The van der Waals surface area contributed by atoms with Crippen molar-refractivity contribution in [3.05, 3.63) is 5.82 Å². The van der Waals surface area contributed by atoms with Gasteiger partial charge in [-0.05, 0) is 25.2 Å². The summed E-state index contributed by atoms with van der Waals surface area (Å²) in [7, 11) is 0. The number of aromatic nitrogens is 3. The average Bonchev–Trinajstić information content (AvgIpc) is 3.42. The van der Waals surface area contributed by atoms with Gasteiger partial charge in [0.2, 0.25) is 11.9 Å². The Morgan fingerprint density at radius 1 is 1.19 bits per heavy atom. The van der Waals surface area contributed by atoms with Crippen molar-refractivity contribution >= 4 is 11.9 Å². The molecular weight excluding hydrogens is 266 g/mol. The molecule has 2 unspecified atom stereocenters. The van der Waals surface area contributed by atoms with E-state index in [9.17, 15) is 0 Å². The number of ether oxygens (including phenoxy) is 1. The smallest absolute Gasteiger partial charge is 0.230 e. The van der Waals surface area contributed by atoms with Crippen LogP contribution in [0.2, 0.25) is 0 Å². The number of morpholine rings is 1. The average molecular weight is 289 g/mol. The number of nitrogens with one attached hydrogen (secondary N) is 1. The molecule has 2 atom stereocenters. The minimum Gasteiger partial charge on any atom is -0.378 e. The van der Waals surface area contributed by atoms with Gasteiger partial charge >= 0.3 is 0 Å². The minimum atomic E-state index is 0.539. The highest BCUT2D eigenvalue weighted by atomic mass is 16.5. The Morgan fingerprint density at radius 3 is 2.67 bits per heavy atom. The fraction of sp³-hybridized carbons (Fsp3) is 0.800. The van der Waals surface area contributed by atoms with E-state index in [1.165, 1.54) is 25.7 Å². The minimum absolute atomic E-state index is 0.539. The molecule has 2 heterocycles.